The minimum Gasteiger partial charge on any atom is -0.318 e. The van der Waals surface area contributed by atoms with E-state index in [-0.39, 0.29) is 10.7 Å². The maximum atomic E-state index is 12.8. The standard InChI is InChI=1S/C6H5ClFN3O2/c7-3-1-5(10-9)6(11(12)13)2-4(3)8/h1-2,10H,9H2. The molecule has 1 aromatic rings. The second-order valence-corrected chi connectivity index (χ2v) is 2.59. The van der Waals surface area contributed by atoms with Crippen molar-refractivity contribution in [3.63, 3.8) is 0 Å². The van der Waals surface area contributed by atoms with E-state index in [0.717, 1.165) is 6.07 Å². The second kappa shape index (κ2) is 3.55. The zero-order valence-corrected chi connectivity index (χ0v) is 7.01. The van der Waals surface area contributed by atoms with Gasteiger partial charge in [0.25, 0.3) is 5.69 Å². The van der Waals surface area contributed by atoms with Crippen LogP contribution >= 0.6 is 11.6 Å². The van der Waals surface area contributed by atoms with Gasteiger partial charge in [-0.2, -0.15) is 0 Å². The molecular formula is C6H5ClFN3O2. The van der Waals surface area contributed by atoms with Crippen LogP contribution in [0.1, 0.15) is 0 Å². The summed E-state index contributed by atoms with van der Waals surface area (Å²) < 4.78 is 12.8. The normalized spacial score (nSPS) is 9.77. The first-order valence-electron chi connectivity index (χ1n) is 3.16. The lowest BCUT2D eigenvalue weighted by molar-refractivity contribution is -0.384. The van der Waals surface area contributed by atoms with Gasteiger partial charge in [0.2, 0.25) is 0 Å². The van der Waals surface area contributed by atoms with Gasteiger partial charge in [-0.05, 0) is 6.07 Å². The van der Waals surface area contributed by atoms with Gasteiger partial charge in [0, 0.05) is 0 Å². The fourth-order valence-corrected chi connectivity index (χ4v) is 0.967. The number of nitrogen functional groups attached to an aromatic ring is 1. The molecule has 3 N–H and O–H groups in total. The number of hydrazine groups is 1. The monoisotopic (exact) mass is 205 g/mol. The summed E-state index contributed by atoms with van der Waals surface area (Å²) in [5, 5.41) is 10.1. The molecule has 0 radical (unpaired) electrons. The molecule has 0 amide bonds. The lowest BCUT2D eigenvalue weighted by Gasteiger charge is -2.02. The largest absolute Gasteiger partial charge is 0.318 e. The van der Waals surface area contributed by atoms with E-state index in [0.29, 0.717) is 6.07 Å². The van der Waals surface area contributed by atoms with Crippen molar-refractivity contribution in [1.29, 1.82) is 0 Å². The molecule has 0 aromatic heterocycles. The first kappa shape index (κ1) is 9.69. The fourth-order valence-electron chi connectivity index (χ4n) is 0.803. The summed E-state index contributed by atoms with van der Waals surface area (Å²) in [5.41, 5.74) is 1.57. The Hall–Kier alpha value is -1.40. The van der Waals surface area contributed by atoms with E-state index in [4.69, 9.17) is 17.4 Å². The highest BCUT2D eigenvalue weighted by atomic mass is 35.5. The third-order valence-corrected chi connectivity index (χ3v) is 1.68. The van der Waals surface area contributed by atoms with Crippen LogP contribution in [0.3, 0.4) is 0 Å². The van der Waals surface area contributed by atoms with Gasteiger partial charge in [-0.1, -0.05) is 11.6 Å². The zero-order chi connectivity index (χ0) is 10.0. The van der Waals surface area contributed by atoms with Gasteiger partial charge in [-0.3, -0.25) is 16.0 Å². The van der Waals surface area contributed by atoms with E-state index in [1.807, 2.05) is 0 Å². The molecule has 0 atom stereocenters. The van der Waals surface area contributed by atoms with Crippen LogP contribution in [0.25, 0.3) is 0 Å². The van der Waals surface area contributed by atoms with Crippen LogP contribution in [0.5, 0.6) is 0 Å². The Morgan fingerprint density at radius 1 is 1.62 bits per heavy atom. The predicted molar refractivity (Wildman–Crippen MR) is 45.9 cm³/mol. The van der Waals surface area contributed by atoms with Crippen molar-refractivity contribution in [2.75, 3.05) is 5.43 Å². The van der Waals surface area contributed by atoms with E-state index in [2.05, 4.69) is 5.43 Å². The molecule has 7 heteroatoms. The van der Waals surface area contributed by atoms with Crippen LogP contribution in [0.15, 0.2) is 12.1 Å². The highest BCUT2D eigenvalue weighted by Crippen LogP contribution is 2.29. The summed E-state index contributed by atoms with van der Waals surface area (Å²) in [7, 11) is 0. The van der Waals surface area contributed by atoms with Gasteiger partial charge in [0.15, 0.2) is 0 Å². The van der Waals surface area contributed by atoms with Gasteiger partial charge in [-0.15, -0.1) is 0 Å². The third kappa shape index (κ3) is 1.85. The topological polar surface area (TPSA) is 81.2 Å². The molecule has 0 fully saturated rings. The summed E-state index contributed by atoms with van der Waals surface area (Å²) >= 11 is 5.38. The van der Waals surface area contributed by atoms with E-state index in [9.17, 15) is 14.5 Å². The van der Waals surface area contributed by atoms with Crippen LogP contribution in [0.4, 0.5) is 15.8 Å². The molecule has 70 valence electrons. The molecule has 0 saturated carbocycles. The van der Waals surface area contributed by atoms with Crippen molar-refractivity contribution < 1.29 is 9.31 Å². The minimum atomic E-state index is -0.854. The average molecular weight is 206 g/mol. The number of hydrogen-bond acceptors (Lipinski definition) is 4. The predicted octanol–water partition coefficient (Wildman–Crippen LogP) is 1.67. The second-order valence-electron chi connectivity index (χ2n) is 2.18. The molecule has 0 aliphatic rings. The number of rotatable bonds is 2. The van der Waals surface area contributed by atoms with E-state index in [1.54, 1.807) is 0 Å². The summed E-state index contributed by atoms with van der Waals surface area (Å²) in [5.74, 6) is 4.12. The number of nitrogens with one attached hydrogen (secondary N) is 1. The highest BCUT2D eigenvalue weighted by Gasteiger charge is 2.16. The minimum absolute atomic E-state index is 0.0311. The van der Waals surface area contributed by atoms with Crippen LogP contribution in [-0.4, -0.2) is 4.92 Å². The van der Waals surface area contributed by atoms with Crippen LogP contribution in [0.2, 0.25) is 5.02 Å². The van der Waals surface area contributed by atoms with Gasteiger partial charge in [-0.25, -0.2) is 4.39 Å². The van der Waals surface area contributed by atoms with Crippen molar-refractivity contribution >= 4 is 23.0 Å². The Bertz CT molecular complexity index is 358. The lowest BCUT2D eigenvalue weighted by atomic mass is 10.2. The zero-order valence-electron chi connectivity index (χ0n) is 6.25. The van der Waals surface area contributed by atoms with Gasteiger partial charge < -0.3 is 5.43 Å². The van der Waals surface area contributed by atoms with Gasteiger partial charge in [0.05, 0.1) is 16.0 Å². The lowest BCUT2D eigenvalue weighted by Crippen LogP contribution is -2.09. The van der Waals surface area contributed by atoms with Gasteiger partial charge >= 0.3 is 0 Å². The molecule has 0 heterocycles. The Balaban J connectivity index is 3.33. The molecule has 0 spiro atoms. The molecule has 0 saturated heterocycles. The molecule has 1 rings (SSSR count). The Morgan fingerprint density at radius 3 is 2.69 bits per heavy atom. The van der Waals surface area contributed by atoms with Crippen LogP contribution in [0, 0.1) is 15.9 Å². The van der Waals surface area contributed by atoms with Crippen molar-refractivity contribution in [3.05, 3.63) is 33.1 Å². The molecule has 0 aliphatic carbocycles. The Kier molecular flexibility index (Phi) is 2.64. The Labute approximate surface area is 77.4 Å². The van der Waals surface area contributed by atoms with Crippen LogP contribution < -0.4 is 11.3 Å². The first-order valence-corrected chi connectivity index (χ1v) is 3.54. The van der Waals surface area contributed by atoms with Crippen LogP contribution in [-0.2, 0) is 0 Å². The quantitative estimate of drug-likeness (QED) is 0.437. The summed E-state index contributed by atoms with van der Waals surface area (Å²) in [4.78, 5) is 9.59. The molecule has 13 heavy (non-hydrogen) atoms. The SMILES string of the molecule is NNc1cc(Cl)c(F)cc1[N+](=O)[O-]. The number of nitrogens with two attached hydrogens (primary N) is 1. The first-order chi connectivity index (χ1) is 6.06. The molecular weight excluding hydrogens is 201 g/mol. The van der Waals surface area contributed by atoms with E-state index < -0.39 is 16.4 Å². The average Bonchev–Trinajstić information content (AvgIpc) is 2.08. The molecule has 0 unspecified atom stereocenters. The molecule has 1 aromatic carbocycles. The van der Waals surface area contributed by atoms with E-state index >= 15 is 0 Å². The van der Waals surface area contributed by atoms with E-state index in [1.165, 1.54) is 0 Å². The van der Waals surface area contributed by atoms with Crippen molar-refractivity contribution in [1.82, 2.24) is 0 Å². The number of nitro benzene ring substituents is 1. The molecule has 5 nitrogen and oxygen atoms in total. The smallest absolute Gasteiger partial charge is 0.296 e. The number of halogens is 2. The van der Waals surface area contributed by atoms with Crippen molar-refractivity contribution in [3.8, 4) is 0 Å². The number of nitro groups is 1. The number of anilines is 1. The maximum absolute atomic E-state index is 12.8. The number of hydrogen-bond donors (Lipinski definition) is 2. The number of nitrogens with zero attached hydrogens (tertiary/aromatic N) is 1. The Morgan fingerprint density at radius 2 is 2.23 bits per heavy atom. The fraction of sp³-hybridized carbons (Fsp3) is 0. The third-order valence-electron chi connectivity index (χ3n) is 1.39. The summed E-state index contributed by atoms with van der Waals surface area (Å²) in [6.45, 7) is 0. The summed E-state index contributed by atoms with van der Waals surface area (Å²) in [6.07, 6.45) is 0. The van der Waals surface area contributed by atoms with Gasteiger partial charge in [0.1, 0.15) is 11.5 Å². The molecule has 0 bridgehead atoms. The highest BCUT2D eigenvalue weighted by molar-refractivity contribution is 6.31. The maximum Gasteiger partial charge on any atom is 0.296 e. The van der Waals surface area contributed by atoms with Crippen molar-refractivity contribution in [2.45, 2.75) is 0 Å². The van der Waals surface area contributed by atoms with Crippen molar-refractivity contribution in [2.24, 2.45) is 5.84 Å². The molecule has 0 aliphatic heterocycles. The summed E-state index contributed by atoms with van der Waals surface area (Å²) in [6, 6.07) is 1.76. The number of benzene rings is 1.